The second-order valence-corrected chi connectivity index (χ2v) is 5.64. The number of H-pyrrole nitrogens is 1. The van der Waals surface area contributed by atoms with E-state index in [4.69, 9.17) is 0 Å². The maximum Gasteiger partial charge on any atom is 0.270 e. The Morgan fingerprint density at radius 1 is 1.42 bits per heavy atom. The average Bonchev–Trinajstić information content (AvgIpc) is 2.75. The molecule has 4 heteroatoms. The third-order valence-corrected chi connectivity index (χ3v) is 4.07. The molecule has 2 rings (SSSR count). The highest BCUT2D eigenvalue weighted by atomic mass is 16.2. The number of piperidine rings is 1. The summed E-state index contributed by atoms with van der Waals surface area (Å²) >= 11 is 0. The van der Waals surface area contributed by atoms with Crippen LogP contribution in [0.2, 0.25) is 0 Å². The first-order chi connectivity index (χ1) is 9.11. The number of aryl methyl sites for hydroxylation is 2. The summed E-state index contributed by atoms with van der Waals surface area (Å²) in [5.74, 6) is 0.931. The van der Waals surface area contributed by atoms with Crippen LogP contribution in [0.25, 0.3) is 0 Å². The number of nitrogens with one attached hydrogen (secondary N) is 2. The van der Waals surface area contributed by atoms with E-state index in [1.807, 2.05) is 31.9 Å². The summed E-state index contributed by atoms with van der Waals surface area (Å²) in [4.78, 5) is 17.6. The largest absolute Gasteiger partial charge is 0.354 e. The number of likely N-dealkylation sites (tertiary alicyclic amines) is 1. The lowest BCUT2D eigenvalue weighted by Gasteiger charge is -2.32. The molecule has 0 atom stereocenters. The Morgan fingerprint density at radius 2 is 2.11 bits per heavy atom. The minimum Gasteiger partial charge on any atom is -0.354 e. The zero-order chi connectivity index (χ0) is 13.8. The van der Waals surface area contributed by atoms with Crippen molar-refractivity contribution in [3.05, 3.63) is 23.0 Å². The van der Waals surface area contributed by atoms with Crippen molar-refractivity contribution >= 4 is 5.91 Å². The van der Waals surface area contributed by atoms with Crippen molar-refractivity contribution in [2.75, 3.05) is 26.7 Å². The minimum absolute atomic E-state index is 0.165. The van der Waals surface area contributed by atoms with Crippen LogP contribution in [0.4, 0.5) is 0 Å². The third-order valence-electron chi connectivity index (χ3n) is 4.07. The van der Waals surface area contributed by atoms with E-state index in [1.54, 1.807) is 0 Å². The fourth-order valence-corrected chi connectivity index (χ4v) is 2.88. The van der Waals surface area contributed by atoms with E-state index in [-0.39, 0.29) is 5.91 Å². The highest BCUT2D eigenvalue weighted by Crippen LogP contribution is 2.22. The third kappa shape index (κ3) is 3.38. The Morgan fingerprint density at radius 3 is 2.63 bits per heavy atom. The number of rotatable bonds is 4. The summed E-state index contributed by atoms with van der Waals surface area (Å²) in [6.07, 6.45) is 3.48. The van der Waals surface area contributed by atoms with E-state index in [2.05, 4.69) is 10.3 Å². The maximum absolute atomic E-state index is 12.4. The number of nitrogens with zero attached hydrogens (tertiary/aromatic N) is 1. The van der Waals surface area contributed by atoms with Gasteiger partial charge >= 0.3 is 0 Å². The topological polar surface area (TPSA) is 48.1 Å². The van der Waals surface area contributed by atoms with Gasteiger partial charge in [-0.15, -0.1) is 0 Å². The fraction of sp³-hybridized carbons (Fsp3) is 0.667. The van der Waals surface area contributed by atoms with Crippen LogP contribution in [0, 0.1) is 19.8 Å². The number of aromatic amines is 1. The zero-order valence-electron chi connectivity index (χ0n) is 12.3. The highest BCUT2D eigenvalue weighted by molar-refractivity contribution is 5.94. The summed E-state index contributed by atoms with van der Waals surface area (Å²) in [6.45, 7) is 6.85. The first-order valence-corrected chi connectivity index (χ1v) is 7.22. The lowest BCUT2D eigenvalue weighted by molar-refractivity contribution is 0.0681. The second-order valence-electron chi connectivity index (χ2n) is 5.64. The summed E-state index contributed by atoms with van der Waals surface area (Å²) in [6, 6.07) is 2.03. The van der Waals surface area contributed by atoms with Crippen molar-refractivity contribution in [3.63, 3.8) is 0 Å². The van der Waals surface area contributed by atoms with Crippen molar-refractivity contribution in [1.82, 2.24) is 15.2 Å². The van der Waals surface area contributed by atoms with Gasteiger partial charge in [0.1, 0.15) is 5.69 Å². The first-order valence-electron chi connectivity index (χ1n) is 7.22. The number of carbonyl (C=O) groups excluding carboxylic acids is 1. The Labute approximate surface area is 115 Å². The van der Waals surface area contributed by atoms with E-state index in [9.17, 15) is 4.79 Å². The molecule has 2 heterocycles. The predicted octanol–water partition coefficient (Wildman–Crippen LogP) is 2.09. The Bertz CT molecular complexity index is 431. The van der Waals surface area contributed by atoms with Gasteiger partial charge in [-0.2, -0.15) is 0 Å². The van der Waals surface area contributed by atoms with Crippen molar-refractivity contribution in [2.45, 2.75) is 33.1 Å². The molecule has 0 spiro atoms. The molecule has 0 radical (unpaired) electrons. The highest BCUT2D eigenvalue weighted by Gasteiger charge is 2.24. The second kappa shape index (κ2) is 6.24. The van der Waals surface area contributed by atoms with Gasteiger partial charge in [0.2, 0.25) is 0 Å². The first kappa shape index (κ1) is 14.1. The van der Waals surface area contributed by atoms with Crippen molar-refractivity contribution in [1.29, 1.82) is 0 Å². The Kier molecular flexibility index (Phi) is 4.64. The number of amides is 1. The van der Waals surface area contributed by atoms with Gasteiger partial charge in [-0.25, -0.2) is 0 Å². The molecule has 0 bridgehead atoms. The average molecular weight is 263 g/mol. The van der Waals surface area contributed by atoms with Crippen LogP contribution in [0.3, 0.4) is 0 Å². The molecule has 0 aliphatic carbocycles. The minimum atomic E-state index is 0.165. The van der Waals surface area contributed by atoms with Crippen LogP contribution < -0.4 is 5.32 Å². The molecule has 1 aromatic rings. The molecular formula is C15H25N3O. The van der Waals surface area contributed by atoms with Gasteiger partial charge in [0.05, 0.1) is 0 Å². The molecule has 1 aromatic heterocycles. The van der Waals surface area contributed by atoms with E-state index in [0.717, 1.165) is 55.3 Å². The Hall–Kier alpha value is -1.29. The van der Waals surface area contributed by atoms with E-state index in [0.29, 0.717) is 0 Å². The van der Waals surface area contributed by atoms with Crippen molar-refractivity contribution in [3.8, 4) is 0 Å². The monoisotopic (exact) mass is 263 g/mol. The van der Waals surface area contributed by atoms with Crippen molar-refractivity contribution < 1.29 is 4.79 Å². The molecule has 2 N–H and O–H groups in total. The maximum atomic E-state index is 12.4. The fourth-order valence-electron chi connectivity index (χ4n) is 2.88. The van der Waals surface area contributed by atoms with Crippen LogP contribution in [-0.4, -0.2) is 42.5 Å². The summed E-state index contributed by atoms with van der Waals surface area (Å²) in [7, 11) is 2.00. The van der Waals surface area contributed by atoms with Gasteiger partial charge in [0, 0.05) is 18.8 Å². The van der Waals surface area contributed by atoms with Gasteiger partial charge in [-0.05, 0) is 64.3 Å². The summed E-state index contributed by atoms with van der Waals surface area (Å²) < 4.78 is 0. The van der Waals surface area contributed by atoms with E-state index < -0.39 is 0 Å². The van der Waals surface area contributed by atoms with Gasteiger partial charge in [0.25, 0.3) is 5.91 Å². The van der Waals surface area contributed by atoms with Crippen LogP contribution in [-0.2, 0) is 0 Å². The number of hydrogen-bond acceptors (Lipinski definition) is 2. The molecule has 0 saturated carbocycles. The van der Waals surface area contributed by atoms with Gasteiger partial charge in [-0.1, -0.05) is 0 Å². The van der Waals surface area contributed by atoms with Crippen LogP contribution in [0.15, 0.2) is 6.07 Å². The van der Waals surface area contributed by atoms with Crippen molar-refractivity contribution in [2.24, 2.45) is 5.92 Å². The molecule has 19 heavy (non-hydrogen) atoms. The number of aromatic nitrogens is 1. The molecule has 0 aromatic carbocycles. The van der Waals surface area contributed by atoms with E-state index in [1.165, 1.54) is 6.42 Å². The summed E-state index contributed by atoms with van der Waals surface area (Å²) in [5.41, 5.74) is 2.88. The lowest BCUT2D eigenvalue weighted by atomic mass is 9.93. The molecule has 1 saturated heterocycles. The standard InChI is InChI=1S/C15H25N3O/c1-11-10-12(2)17-14(11)15(19)18-8-5-13(6-9-18)4-7-16-3/h10,13,16-17H,4-9H2,1-3H3. The normalized spacial score (nSPS) is 16.9. The van der Waals surface area contributed by atoms with Crippen LogP contribution in [0.5, 0.6) is 0 Å². The van der Waals surface area contributed by atoms with Crippen LogP contribution >= 0.6 is 0 Å². The number of carbonyl (C=O) groups is 1. The van der Waals surface area contributed by atoms with Gasteiger partial charge in [0.15, 0.2) is 0 Å². The molecule has 1 amide bonds. The van der Waals surface area contributed by atoms with Gasteiger partial charge < -0.3 is 15.2 Å². The molecular weight excluding hydrogens is 238 g/mol. The number of hydrogen-bond donors (Lipinski definition) is 2. The molecule has 1 aliphatic heterocycles. The molecule has 0 unspecified atom stereocenters. The smallest absolute Gasteiger partial charge is 0.270 e. The van der Waals surface area contributed by atoms with Crippen LogP contribution in [0.1, 0.15) is 41.0 Å². The Balaban J connectivity index is 1.91. The quantitative estimate of drug-likeness (QED) is 0.874. The zero-order valence-corrected chi connectivity index (χ0v) is 12.3. The molecule has 1 fully saturated rings. The predicted molar refractivity (Wildman–Crippen MR) is 77.4 cm³/mol. The summed E-state index contributed by atoms with van der Waals surface area (Å²) in [5, 5.41) is 3.20. The lowest BCUT2D eigenvalue weighted by Crippen LogP contribution is -2.39. The molecule has 4 nitrogen and oxygen atoms in total. The van der Waals surface area contributed by atoms with Gasteiger partial charge in [-0.3, -0.25) is 4.79 Å². The molecule has 1 aliphatic rings. The van der Waals surface area contributed by atoms with E-state index >= 15 is 0 Å². The SMILES string of the molecule is CNCCC1CCN(C(=O)c2[nH]c(C)cc2C)CC1. The molecule has 106 valence electrons.